The fourth-order valence-electron chi connectivity index (χ4n) is 1.69. The number of nitrogens with zero attached hydrogens (tertiary/aromatic N) is 1. The zero-order valence-electron chi connectivity index (χ0n) is 10.2. The molecule has 0 N–H and O–H groups in total. The Labute approximate surface area is 111 Å². The third-order valence-corrected chi connectivity index (χ3v) is 2.91. The zero-order chi connectivity index (χ0) is 13.1. The molecule has 0 atom stereocenters. The summed E-state index contributed by atoms with van der Waals surface area (Å²) in [6, 6.07) is 13.0. The second kappa shape index (κ2) is 5.12. The fraction of sp³-hybridized carbons (Fsp3) is 0.133. The van der Waals surface area contributed by atoms with Crippen LogP contribution in [0, 0.1) is 25.2 Å². The van der Waals surface area contributed by atoms with E-state index in [4.69, 9.17) is 21.6 Å². The van der Waals surface area contributed by atoms with Crippen LogP contribution in [0.3, 0.4) is 0 Å². The molecular weight excluding hydrogens is 246 g/mol. The summed E-state index contributed by atoms with van der Waals surface area (Å²) in [6.45, 7) is 4.02. The lowest BCUT2D eigenvalue weighted by atomic mass is 10.1. The quantitative estimate of drug-likeness (QED) is 0.786. The molecule has 2 aromatic rings. The van der Waals surface area contributed by atoms with Gasteiger partial charge in [-0.15, -0.1) is 0 Å². The van der Waals surface area contributed by atoms with Crippen molar-refractivity contribution in [3.63, 3.8) is 0 Å². The minimum atomic E-state index is 0.439. The normalized spacial score (nSPS) is 9.89. The second-order valence-corrected chi connectivity index (χ2v) is 4.54. The van der Waals surface area contributed by atoms with Crippen molar-refractivity contribution in [3.8, 4) is 17.6 Å². The van der Waals surface area contributed by atoms with Gasteiger partial charge in [0.15, 0.2) is 0 Å². The van der Waals surface area contributed by atoms with Gasteiger partial charge in [0, 0.05) is 0 Å². The molecule has 90 valence electrons. The molecule has 2 rings (SSSR count). The smallest absolute Gasteiger partial charge is 0.146 e. The molecule has 0 radical (unpaired) electrons. The van der Waals surface area contributed by atoms with Crippen LogP contribution >= 0.6 is 11.6 Å². The summed E-state index contributed by atoms with van der Waals surface area (Å²) >= 11 is 6.07. The maximum Gasteiger partial charge on any atom is 0.146 e. The number of halogens is 1. The van der Waals surface area contributed by atoms with Gasteiger partial charge in [0.05, 0.1) is 16.7 Å². The van der Waals surface area contributed by atoms with Crippen molar-refractivity contribution >= 4 is 11.6 Å². The Morgan fingerprint density at radius 2 is 1.78 bits per heavy atom. The minimum Gasteiger partial charge on any atom is -0.456 e. The summed E-state index contributed by atoms with van der Waals surface area (Å²) in [5, 5.41) is 9.21. The van der Waals surface area contributed by atoms with Gasteiger partial charge >= 0.3 is 0 Å². The first-order valence-electron chi connectivity index (χ1n) is 5.55. The van der Waals surface area contributed by atoms with Crippen molar-refractivity contribution in [1.29, 1.82) is 5.26 Å². The Kier molecular flexibility index (Phi) is 3.55. The first-order chi connectivity index (χ1) is 8.60. The van der Waals surface area contributed by atoms with E-state index in [1.165, 1.54) is 5.56 Å². The number of rotatable bonds is 2. The lowest BCUT2D eigenvalue weighted by Gasteiger charge is -2.10. The Hall–Kier alpha value is -1.98. The highest BCUT2D eigenvalue weighted by Gasteiger charge is 2.06. The molecule has 0 heterocycles. The lowest BCUT2D eigenvalue weighted by Crippen LogP contribution is -1.89. The summed E-state index contributed by atoms with van der Waals surface area (Å²) in [5.41, 5.74) is 2.76. The van der Waals surface area contributed by atoms with Crippen LogP contribution in [0.15, 0.2) is 36.4 Å². The molecule has 2 aromatic carbocycles. The van der Waals surface area contributed by atoms with E-state index in [2.05, 4.69) is 0 Å². The predicted molar refractivity (Wildman–Crippen MR) is 72.2 cm³/mol. The van der Waals surface area contributed by atoms with Gasteiger partial charge in [0.2, 0.25) is 0 Å². The summed E-state index contributed by atoms with van der Waals surface area (Å²) in [5.74, 6) is 1.33. The van der Waals surface area contributed by atoms with Crippen LogP contribution in [0.1, 0.15) is 16.7 Å². The van der Waals surface area contributed by atoms with Crippen LogP contribution in [0.5, 0.6) is 11.5 Å². The van der Waals surface area contributed by atoms with E-state index in [-0.39, 0.29) is 0 Å². The molecule has 2 nitrogen and oxygen atoms in total. The molecule has 0 aliphatic heterocycles. The first kappa shape index (κ1) is 12.5. The molecule has 0 bridgehead atoms. The maximum absolute atomic E-state index is 8.77. The second-order valence-electron chi connectivity index (χ2n) is 4.13. The van der Waals surface area contributed by atoms with Gasteiger partial charge in [-0.1, -0.05) is 29.3 Å². The van der Waals surface area contributed by atoms with Crippen LogP contribution < -0.4 is 4.74 Å². The monoisotopic (exact) mass is 257 g/mol. The first-order valence-corrected chi connectivity index (χ1v) is 5.92. The molecule has 0 spiro atoms. The van der Waals surface area contributed by atoms with E-state index >= 15 is 0 Å². The Bertz CT molecular complexity index is 629. The topological polar surface area (TPSA) is 33.0 Å². The third kappa shape index (κ3) is 2.64. The van der Waals surface area contributed by atoms with Crippen molar-refractivity contribution in [2.75, 3.05) is 0 Å². The van der Waals surface area contributed by atoms with Crippen LogP contribution in [0.4, 0.5) is 0 Å². The van der Waals surface area contributed by atoms with Crippen LogP contribution in [0.2, 0.25) is 5.02 Å². The Morgan fingerprint density at radius 1 is 1.06 bits per heavy atom. The molecule has 3 heteroatoms. The van der Waals surface area contributed by atoms with E-state index in [1.807, 2.05) is 38.1 Å². The standard InChI is InChI=1S/C15H12ClNO/c1-10-3-5-14(11(2)7-10)18-15-6-4-12(9-17)8-13(15)16/h3-8H,1-2H3. The van der Waals surface area contributed by atoms with Gasteiger partial charge in [-0.05, 0) is 43.7 Å². The molecule has 0 aromatic heterocycles. The molecule has 0 saturated carbocycles. The van der Waals surface area contributed by atoms with E-state index < -0.39 is 0 Å². The molecular formula is C15H12ClNO. The van der Waals surface area contributed by atoms with Crippen LogP contribution in [0.25, 0.3) is 0 Å². The highest BCUT2D eigenvalue weighted by molar-refractivity contribution is 6.32. The van der Waals surface area contributed by atoms with E-state index in [0.717, 1.165) is 11.3 Å². The molecule has 0 aliphatic carbocycles. The highest BCUT2D eigenvalue weighted by Crippen LogP contribution is 2.31. The van der Waals surface area contributed by atoms with E-state index in [1.54, 1.807) is 18.2 Å². The zero-order valence-corrected chi connectivity index (χ0v) is 11.0. The SMILES string of the molecule is Cc1ccc(Oc2ccc(C#N)cc2Cl)c(C)c1. The number of hydrogen-bond donors (Lipinski definition) is 0. The number of aryl methyl sites for hydroxylation is 2. The van der Waals surface area contributed by atoms with Crippen molar-refractivity contribution < 1.29 is 4.74 Å². The number of benzene rings is 2. The van der Waals surface area contributed by atoms with Crippen LogP contribution in [-0.2, 0) is 0 Å². The summed E-state index contributed by atoms with van der Waals surface area (Å²) < 4.78 is 5.75. The van der Waals surface area contributed by atoms with Crippen LogP contribution in [-0.4, -0.2) is 0 Å². The summed E-state index contributed by atoms with van der Waals surface area (Å²) in [7, 11) is 0. The minimum absolute atomic E-state index is 0.439. The average Bonchev–Trinajstić information content (AvgIpc) is 2.34. The Morgan fingerprint density at radius 3 is 2.39 bits per heavy atom. The highest BCUT2D eigenvalue weighted by atomic mass is 35.5. The Balaban J connectivity index is 2.32. The summed E-state index contributed by atoms with van der Waals surface area (Å²) in [6.07, 6.45) is 0. The van der Waals surface area contributed by atoms with E-state index in [0.29, 0.717) is 16.3 Å². The predicted octanol–water partition coefficient (Wildman–Crippen LogP) is 4.62. The summed E-state index contributed by atoms with van der Waals surface area (Å²) in [4.78, 5) is 0. The molecule has 18 heavy (non-hydrogen) atoms. The van der Waals surface area contributed by atoms with Gasteiger partial charge in [0.1, 0.15) is 11.5 Å². The number of nitriles is 1. The van der Waals surface area contributed by atoms with Gasteiger partial charge in [-0.25, -0.2) is 0 Å². The molecule has 0 amide bonds. The maximum atomic E-state index is 8.77. The van der Waals surface area contributed by atoms with E-state index in [9.17, 15) is 0 Å². The van der Waals surface area contributed by atoms with Crippen molar-refractivity contribution in [3.05, 3.63) is 58.1 Å². The molecule has 0 saturated heterocycles. The van der Waals surface area contributed by atoms with Gasteiger partial charge in [-0.2, -0.15) is 5.26 Å². The molecule has 0 unspecified atom stereocenters. The van der Waals surface area contributed by atoms with Gasteiger partial charge in [0.25, 0.3) is 0 Å². The molecule has 0 fully saturated rings. The average molecular weight is 258 g/mol. The lowest BCUT2D eigenvalue weighted by molar-refractivity contribution is 0.479. The van der Waals surface area contributed by atoms with Crippen molar-refractivity contribution in [2.24, 2.45) is 0 Å². The van der Waals surface area contributed by atoms with Gasteiger partial charge in [-0.3, -0.25) is 0 Å². The number of ether oxygens (including phenoxy) is 1. The largest absolute Gasteiger partial charge is 0.456 e. The number of hydrogen-bond acceptors (Lipinski definition) is 2. The molecule has 0 aliphatic rings. The van der Waals surface area contributed by atoms with Crippen molar-refractivity contribution in [1.82, 2.24) is 0 Å². The third-order valence-electron chi connectivity index (χ3n) is 2.61. The van der Waals surface area contributed by atoms with Crippen molar-refractivity contribution in [2.45, 2.75) is 13.8 Å². The van der Waals surface area contributed by atoms with Gasteiger partial charge < -0.3 is 4.74 Å². The fourth-order valence-corrected chi connectivity index (χ4v) is 1.90.